The van der Waals surface area contributed by atoms with Crippen molar-refractivity contribution in [2.24, 2.45) is 0 Å². The summed E-state index contributed by atoms with van der Waals surface area (Å²) in [5, 5.41) is 2.91. The predicted molar refractivity (Wildman–Crippen MR) is 107 cm³/mol. The van der Waals surface area contributed by atoms with Crippen LogP contribution in [0.4, 0.5) is 5.69 Å². The fourth-order valence-corrected chi connectivity index (χ4v) is 3.02. The quantitative estimate of drug-likeness (QED) is 0.500. The Labute approximate surface area is 159 Å². The molecule has 128 valence electrons. The van der Waals surface area contributed by atoms with E-state index in [-0.39, 0.29) is 5.91 Å². The molecule has 2 heterocycles. The summed E-state index contributed by atoms with van der Waals surface area (Å²) in [6, 6.07) is 19.1. The minimum absolute atomic E-state index is 0.131. The molecule has 1 N–H and O–H groups in total. The molecule has 0 saturated carbocycles. The molecular formula is C21H16BrN3O. The lowest BCUT2D eigenvalue weighted by Crippen LogP contribution is -2.11. The number of aryl methyl sites for hydroxylation is 1. The Hall–Kier alpha value is -2.92. The van der Waals surface area contributed by atoms with Crippen molar-refractivity contribution in [1.29, 1.82) is 0 Å². The van der Waals surface area contributed by atoms with Gasteiger partial charge in [0.05, 0.1) is 5.69 Å². The number of anilines is 1. The molecule has 1 amide bonds. The summed E-state index contributed by atoms with van der Waals surface area (Å²) < 4.78 is 2.95. The lowest BCUT2D eigenvalue weighted by Gasteiger charge is -2.06. The number of fused-ring (bicyclic) bond motifs is 1. The standard InChI is InChI=1S/C21H16BrN3O/c1-14-10-11-25-13-19(24-20(25)12-14)15-4-8-18(9-5-15)23-21(26)16-2-6-17(22)7-3-16/h2-13H,1H3,(H,23,26). The first-order valence-electron chi connectivity index (χ1n) is 8.21. The minimum atomic E-state index is -0.131. The first kappa shape index (κ1) is 16.5. The van der Waals surface area contributed by atoms with Crippen LogP contribution in [0, 0.1) is 6.92 Å². The first-order valence-corrected chi connectivity index (χ1v) is 9.00. The number of nitrogens with zero attached hydrogens (tertiary/aromatic N) is 2. The smallest absolute Gasteiger partial charge is 0.255 e. The van der Waals surface area contributed by atoms with Crippen molar-refractivity contribution in [3.05, 3.63) is 88.7 Å². The van der Waals surface area contributed by atoms with E-state index in [0.29, 0.717) is 5.56 Å². The van der Waals surface area contributed by atoms with Gasteiger partial charge in [-0.15, -0.1) is 0 Å². The lowest BCUT2D eigenvalue weighted by atomic mass is 10.1. The molecule has 5 heteroatoms. The summed E-state index contributed by atoms with van der Waals surface area (Å²) in [6.45, 7) is 2.05. The molecule has 2 aromatic carbocycles. The second kappa shape index (κ2) is 6.77. The molecule has 4 nitrogen and oxygen atoms in total. The molecule has 26 heavy (non-hydrogen) atoms. The zero-order valence-corrected chi connectivity index (χ0v) is 15.7. The molecule has 4 aromatic rings. The summed E-state index contributed by atoms with van der Waals surface area (Å²) in [5.41, 5.74) is 5.39. The Morgan fingerprint density at radius 2 is 1.77 bits per heavy atom. The summed E-state index contributed by atoms with van der Waals surface area (Å²) in [7, 11) is 0. The molecule has 0 fully saturated rings. The van der Waals surface area contributed by atoms with Crippen LogP contribution < -0.4 is 5.32 Å². The summed E-state index contributed by atoms with van der Waals surface area (Å²) >= 11 is 3.37. The van der Waals surface area contributed by atoms with Crippen LogP contribution in [0.1, 0.15) is 15.9 Å². The molecule has 4 rings (SSSR count). The molecule has 0 unspecified atom stereocenters. The maximum atomic E-state index is 12.3. The number of amides is 1. The van der Waals surface area contributed by atoms with Gasteiger partial charge in [-0.1, -0.05) is 28.1 Å². The fourth-order valence-electron chi connectivity index (χ4n) is 2.75. The average Bonchev–Trinajstić information content (AvgIpc) is 3.06. The van der Waals surface area contributed by atoms with Crippen molar-refractivity contribution in [2.45, 2.75) is 6.92 Å². The van der Waals surface area contributed by atoms with Crippen LogP contribution in [0.15, 0.2) is 77.5 Å². The van der Waals surface area contributed by atoms with E-state index in [1.807, 2.05) is 53.2 Å². The third-order valence-electron chi connectivity index (χ3n) is 4.16. The van der Waals surface area contributed by atoms with Gasteiger partial charge in [-0.3, -0.25) is 4.79 Å². The monoisotopic (exact) mass is 405 g/mol. The number of benzene rings is 2. The number of imidazole rings is 1. The van der Waals surface area contributed by atoms with Crippen molar-refractivity contribution in [1.82, 2.24) is 9.38 Å². The van der Waals surface area contributed by atoms with Gasteiger partial charge in [-0.05, 0) is 61.0 Å². The van der Waals surface area contributed by atoms with E-state index >= 15 is 0 Å². The molecule has 0 saturated heterocycles. The largest absolute Gasteiger partial charge is 0.322 e. The Morgan fingerprint density at radius 1 is 1.04 bits per heavy atom. The van der Waals surface area contributed by atoms with Gasteiger partial charge in [0.25, 0.3) is 5.91 Å². The number of halogens is 1. The van der Waals surface area contributed by atoms with Gasteiger partial charge in [-0.2, -0.15) is 0 Å². The van der Waals surface area contributed by atoms with Gasteiger partial charge in [0.2, 0.25) is 0 Å². The Bertz CT molecular complexity index is 1080. The summed E-state index contributed by atoms with van der Waals surface area (Å²) in [6.07, 6.45) is 4.01. The molecule has 0 aliphatic carbocycles. The van der Waals surface area contributed by atoms with E-state index in [4.69, 9.17) is 0 Å². The molecule has 0 aliphatic rings. The van der Waals surface area contributed by atoms with E-state index < -0.39 is 0 Å². The summed E-state index contributed by atoms with van der Waals surface area (Å²) in [4.78, 5) is 16.9. The van der Waals surface area contributed by atoms with Crippen molar-refractivity contribution in [3.8, 4) is 11.3 Å². The van der Waals surface area contributed by atoms with Gasteiger partial charge >= 0.3 is 0 Å². The topological polar surface area (TPSA) is 46.4 Å². The maximum absolute atomic E-state index is 12.3. The molecule has 0 atom stereocenters. The van der Waals surface area contributed by atoms with Gasteiger partial charge in [0.15, 0.2) is 0 Å². The van der Waals surface area contributed by atoms with Crippen molar-refractivity contribution >= 4 is 33.2 Å². The van der Waals surface area contributed by atoms with Crippen LogP contribution in [0.5, 0.6) is 0 Å². The van der Waals surface area contributed by atoms with Gasteiger partial charge in [0, 0.05) is 33.7 Å². The molecule has 2 aromatic heterocycles. The van der Waals surface area contributed by atoms with Crippen LogP contribution >= 0.6 is 15.9 Å². The zero-order valence-electron chi connectivity index (χ0n) is 14.1. The van der Waals surface area contributed by atoms with Crippen molar-refractivity contribution in [2.75, 3.05) is 5.32 Å². The molecule has 0 bridgehead atoms. The Morgan fingerprint density at radius 3 is 2.50 bits per heavy atom. The van der Waals surface area contributed by atoms with Crippen molar-refractivity contribution < 1.29 is 4.79 Å². The third kappa shape index (κ3) is 3.39. The predicted octanol–water partition coefficient (Wildman–Crippen LogP) is 5.32. The highest BCUT2D eigenvalue weighted by Gasteiger charge is 2.08. The Balaban J connectivity index is 1.54. The molecule has 0 spiro atoms. The van der Waals surface area contributed by atoms with Crippen LogP contribution in [0.2, 0.25) is 0 Å². The van der Waals surface area contributed by atoms with Gasteiger partial charge in [0.1, 0.15) is 5.65 Å². The van der Waals surface area contributed by atoms with Gasteiger partial charge in [-0.25, -0.2) is 4.98 Å². The molecular weight excluding hydrogens is 390 g/mol. The number of carbonyl (C=O) groups is 1. The van der Waals surface area contributed by atoms with E-state index in [9.17, 15) is 4.79 Å². The average molecular weight is 406 g/mol. The first-order chi connectivity index (χ1) is 12.6. The zero-order chi connectivity index (χ0) is 18.1. The van der Waals surface area contributed by atoms with E-state index in [2.05, 4.69) is 45.3 Å². The molecule has 0 aliphatic heterocycles. The number of rotatable bonds is 3. The number of nitrogens with one attached hydrogen (secondary N) is 1. The lowest BCUT2D eigenvalue weighted by molar-refractivity contribution is 0.102. The number of carbonyl (C=O) groups excluding carboxylic acids is 1. The number of pyridine rings is 1. The second-order valence-electron chi connectivity index (χ2n) is 6.13. The van der Waals surface area contributed by atoms with E-state index in [0.717, 1.165) is 27.1 Å². The normalized spacial score (nSPS) is 10.8. The van der Waals surface area contributed by atoms with Crippen LogP contribution in [-0.2, 0) is 0 Å². The second-order valence-corrected chi connectivity index (χ2v) is 7.05. The van der Waals surface area contributed by atoms with Crippen LogP contribution in [-0.4, -0.2) is 15.3 Å². The van der Waals surface area contributed by atoms with Crippen molar-refractivity contribution in [3.63, 3.8) is 0 Å². The van der Waals surface area contributed by atoms with E-state index in [1.54, 1.807) is 12.1 Å². The fraction of sp³-hybridized carbons (Fsp3) is 0.0476. The number of aromatic nitrogens is 2. The highest BCUT2D eigenvalue weighted by Crippen LogP contribution is 2.22. The Kier molecular flexibility index (Phi) is 4.31. The third-order valence-corrected chi connectivity index (χ3v) is 4.69. The van der Waals surface area contributed by atoms with Crippen LogP contribution in [0.3, 0.4) is 0 Å². The maximum Gasteiger partial charge on any atom is 0.255 e. The minimum Gasteiger partial charge on any atom is -0.322 e. The number of hydrogen-bond donors (Lipinski definition) is 1. The van der Waals surface area contributed by atoms with E-state index in [1.165, 1.54) is 5.56 Å². The molecule has 0 radical (unpaired) electrons. The van der Waals surface area contributed by atoms with Gasteiger partial charge < -0.3 is 9.72 Å². The summed E-state index contributed by atoms with van der Waals surface area (Å²) in [5.74, 6) is -0.131. The van der Waals surface area contributed by atoms with Crippen LogP contribution in [0.25, 0.3) is 16.9 Å². The number of hydrogen-bond acceptors (Lipinski definition) is 2. The highest BCUT2D eigenvalue weighted by molar-refractivity contribution is 9.10. The SMILES string of the molecule is Cc1ccn2cc(-c3ccc(NC(=O)c4ccc(Br)cc4)cc3)nc2c1. The highest BCUT2D eigenvalue weighted by atomic mass is 79.9.